The summed E-state index contributed by atoms with van der Waals surface area (Å²) in [4.78, 5) is 14.6. The Morgan fingerprint density at radius 1 is 1.29 bits per heavy atom. The average Bonchev–Trinajstić information content (AvgIpc) is 2.79. The molecule has 138 valence electrons. The Morgan fingerprint density at radius 3 is 2.25 bits per heavy atom. The van der Waals surface area contributed by atoms with E-state index in [1.807, 2.05) is 4.90 Å². The number of nitrogens with one attached hydrogen (secondary N) is 1. The Kier molecular flexibility index (Phi) is 4.34. The van der Waals surface area contributed by atoms with E-state index < -0.39 is 11.3 Å². The van der Waals surface area contributed by atoms with Crippen molar-refractivity contribution >= 4 is 6.03 Å². The second-order valence-electron chi connectivity index (χ2n) is 9.23. The summed E-state index contributed by atoms with van der Waals surface area (Å²) < 4.78 is 32.7. The quantitative estimate of drug-likeness (QED) is 0.843. The molecule has 0 aromatic heterocycles. The van der Waals surface area contributed by atoms with E-state index in [-0.39, 0.29) is 36.0 Å². The van der Waals surface area contributed by atoms with Crippen molar-refractivity contribution in [3.63, 3.8) is 0 Å². The molecule has 0 aromatic carbocycles. The zero-order valence-corrected chi connectivity index (χ0v) is 15.2. The van der Waals surface area contributed by atoms with Crippen LogP contribution < -0.4 is 5.32 Å². The third-order valence-electron chi connectivity index (χ3n) is 5.87. The maximum atomic E-state index is 13.7. The minimum atomic E-state index is -2.51. The van der Waals surface area contributed by atoms with Gasteiger partial charge in [0.1, 0.15) is 0 Å². The lowest BCUT2D eigenvalue weighted by atomic mass is 9.87. The third-order valence-corrected chi connectivity index (χ3v) is 5.87. The number of rotatable bonds is 4. The number of carbonyl (C=O) groups is 1. The first kappa shape index (κ1) is 17.9. The second kappa shape index (κ2) is 5.82. The number of hydrogen-bond donors (Lipinski definition) is 1. The first-order valence-electron chi connectivity index (χ1n) is 9.02. The first-order chi connectivity index (χ1) is 11.1. The standard InChI is InChI=1S/C18H30F2N2O2/c1-16(2,3)7-12(10-24-4)21-15(23)22-13-5-6-14(22)9-17(8-13)11-18(17,19)20/h12-14H,5-11H2,1-4H3,(H,21,23). The Hall–Kier alpha value is -0.910. The summed E-state index contributed by atoms with van der Waals surface area (Å²) in [5, 5.41) is 3.09. The predicted octanol–water partition coefficient (Wildman–Crippen LogP) is 3.80. The fourth-order valence-corrected chi connectivity index (χ4v) is 4.84. The van der Waals surface area contributed by atoms with Crippen LogP contribution in [0.5, 0.6) is 0 Å². The maximum absolute atomic E-state index is 13.7. The Balaban J connectivity index is 1.63. The van der Waals surface area contributed by atoms with Crippen molar-refractivity contribution in [3.05, 3.63) is 0 Å². The molecule has 0 aromatic rings. The van der Waals surface area contributed by atoms with Crippen molar-refractivity contribution in [1.29, 1.82) is 0 Å². The molecular formula is C18H30F2N2O2. The summed E-state index contributed by atoms with van der Waals surface area (Å²) in [5.41, 5.74) is -0.732. The van der Waals surface area contributed by atoms with Gasteiger partial charge in [0.25, 0.3) is 5.92 Å². The highest BCUT2D eigenvalue weighted by atomic mass is 19.3. The number of ether oxygens (including phenoxy) is 1. The number of amides is 2. The van der Waals surface area contributed by atoms with Gasteiger partial charge in [0, 0.05) is 31.0 Å². The van der Waals surface area contributed by atoms with E-state index in [9.17, 15) is 13.6 Å². The Bertz CT molecular complexity index is 490. The molecule has 1 aliphatic carbocycles. The lowest BCUT2D eigenvalue weighted by Gasteiger charge is -2.40. The van der Waals surface area contributed by atoms with Gasteiger partial charge in [0.2, 0.25) is 0 Å². The molecule has 2 heterocycles. The van der Waals surface area contributed by atoms with Crippen LogP contribution >= 0.6 is 0 Å². The maximum Gasteiger partial charge on any atom is 0.318 e. The summed E-state index contributed by atoms with van der Waals surface area (Å²) in [6.07, 6.45) is 3.45. The molecule has 3 aliphatic rings. The third kappa shape index (κ3) is 3.26. The van der Waals surface area contributed by atoms with Gasteiger partial charge in [0.15, 0.2) is 0 Å². The van der Waals surface area contributed by atoms with E-state index in [0.717, 1.165) is 19.3 Å². The molecule has 1 saturated carbocycles. The van der Waals surface area contributed by atoms with E-state index >= 15 is 0 Å². The van der Waals surface area contributed by atoms with Crippen LogP contribution in [0.25, 0.3) is 0 Å². The number of carbonyl (C=O) groups excluding carboxylic acids is 1. The van der Waals surface area contributed by atoms with Crippen LogP contribution in [0.15, 0.2) is 0 Å². The average molecular weight is 344 g/mol. The zero-order chi connectivity index (χ0) is 17.8. The number of methoxy groups -OCH3 is 1. The van der Waals surface area contributed by atoms with E-state index in [1.54, 1.807) is 7.11 Å². The van der Waals surface area contributed by atoms with E-state index in [0.29, 0.717) is 19.4 Å². The number of nitrogens with zero attached hydrogens (tertiary/aromatic N) is 1. The molecule has 1 spiro atoms. The first-order valence-corrected chi connectivity index (χ1v) is 9.02. The predicted molar refractivity (Wildman–Crippen MR) is 88.1 cm³/mol. The fraction of sp³-hybridized carbons (Fsp3) is 0.944. The fourth-order valence-electron chi connectivity index (χ4n) is 4.84. The molecule has 2 bridgehead atoms. The van der Waals surface area contributed by atoms with Crippen molar-refractivity contribution in [3.8, 4) is 0 Å². The van der Waals surface area contributed by atoms with Crippen LogP contribution in [-0.4, -0.2) is 48.7 Å². The van der Waals surface area contributed by atoms with Crippen LogP contribution in [0.1, 0.15) is 59.3 Å². The minimum Gasteiger partial charge on any atom is -0.383 e. The van der Waals surface area contributed by atoms with Gasteiger partial charge in [-0.25, -0.2) is 13.6 Å². The highest BCUT2D eigenvalue weighted by molar-refractivity contribution is 5.76. The molecule has 2 aliphatic heterocycles. The largest absolute Gasteiger partial charge is 0.383 e. The van der Waals surface area contributed by atoms with Crippen LogP contribution in [0, 0.1) is 10.8 Å². The minimum absolute atomic E-state index is 0.0127. The highest BCUT2D eigenvalue weighted by Crippen LogP contribution is 2.69. The van der Waals surface area contributed by atoms with Crippen molar-refractivity contribution in [2.75, 3.05) is 13.7 Å². The molecule has 3 unspecified atom stereocenters. The molecule has 2 amide bonds. The lowest BCUT2D eigenvalue weighted by molar-refractivity contribution is 0.0159. The van der Waals surface area contributed by atoms with Gasteiger partial charge >= 0.3 is 6.03 Å². The monoisotopic (exact) mass is 344 g/mol. The van der Waals surface area contributed by atoms with Crippen LogP contribution in [0.2, 0.25) is 0 Å². The second-order valence-corrected chi connectivity index (χ2v) is 9.23. The number of alkyl halides is 2. The van der Waals surface area contributed by atoms with E-state index in [4.69, 9.17) is 4.74 Å². The van der Waals surface area contributed by atoms with Gasteiger partial charge in [-0.15, -0.1) is 0 Å². The van der Waals surface area contributed by atoms with Gasteiger partial charge in [-0.3, -0.25) is 0 Å². The molecule has 4 nitrogen and oxygen atoms in total. The van der Waals surface area contributed by atoms with E-state index in [1.165, 1.54) is 0 Å². The summed E-state index contributed by atoms with van der Waals surface area (Å²) in [6, 6.07) is -0.224. The van der Waals surface area contributed by atoms with Gasteiger partial charge < -0.3 is 15.0 Å². The number of piperidine rings is 1. The van der Waals surface area contributed by atoms with Gasteiger partial charge in [-0.2, -0.15) is 0 Å². The Labute approximate surface area is 143 Å². The molecule has 0 radical (unpaired) electrons. The summed E-state index contributed by atoms with van der Waals surface area (Å²) in [7, 11) is 1.63. The van der Waals surface area contributed by atoms with Crippen LogP contribution in [0.4, 0.5) is 13.6 Å². The highest BCUT2D eigenvalue weighted by Gasteiger charge is 2.74. The molecule has 24 heavy (non-hydrogen) atoms. The number of halogens is 2. The molecule has 2 saturated heterocycles. The summed E-state index contributed by atoms with van der Waals surface area (Å²) >= 11 is 0. The smallest absolute Gasteiger partial charge is 0.318 e. The van der Waals surface area contributed by atoms with Crippen molar-refractivity contribution in [1.82, 2.24) is 10.2 Å². The van der Waals surface area contributed by atoms with E-state index in [2.05, 4.69) is 26.1 Å². The molecule has 6 heteroatoms. The normalized spacial score (nSPS) is 35.2. The Morgan fingerprint density at radius 2 is 1.83 bits per heavy atom. The van der Waals surface area contributed by atoms with Gasteiger partial charge in [0.05, 0.1) is 12.6 Å². The van der Waals surface area contributed by atoms with Crippen molar-refractivity contribution < 1.29 is 18.3 Å². The van der Waals surface area contributed by atoms with Crippen molar-refractivity contribution in [2.24, 2.45) is 10.8 Å². The molecular weight excluding hydrogens is 314 g/mol. The van der Waals surface area contributed by atoms with Crippen LogP contribution in [0.3, 0.4) is 0 Å². The van der Waals surface area contributed by atoms with Crippen molar-refractivity contribution in [2.45, 2.75) is 83.3 Å². The molecule has 1 N–H and O–H groups in total. The summed E-state index contributed by atoms with van der Waals surface area (Å²) in [6.45, 7) is 6.86. The SMILES string of the molecule is COCC(CC(C)(C)C)NC(=O)N1C2CCC1CC1(C2)CC1(F)F. The molecule has 3 rings (SSSR count). The lowest BCUT2D eigenvalue weighted by Crippen LogP contribution is -2.55. The molecule has 3 atom stereocenters. The molecule has 3 fully saturated rings. The number of fused-ring (bicyclic) bond motifs is 2. The number of urea groups is 1. The van der Waals surface area contributed by atoms with Gasteiger partial charge in [-0.1, -0.05) is 20.8 Å². The van der Waals surface area contributed by atoms with Crippen LogP contribution in [-0.2, 0) is 4.74 Å². The topological polar surface area (TPSA) is 41.6 Å². The number of hydrogen-bond acceptors (Lipinski definition) is 2. The zero-order valence-electron chi connectivity index (χ0n) is 15.2. The van der Waals surface area contributed by atoms with Gasteiger partial charge in [-0.05, 0) is 37.5 Å². The summed E-state index contributed by atoms with van der Waals surface area (Å²) in [5.74, 6) is -2.51.